The molecule has 0 bridgehead atoms. The molecule has 1 heterocycles. The highest BCUT2D eigenvalue weighted by Crippen LogP contribution is 2.16. The van der Waals surface area contributed by atoms with Crippen LogP contribution in [0.5, 0.6) is 0 Å². The summed E-state index contributed by atoms with van der Waals surface area (Å²) in [5.41, 5.74) is 9.04. The summed E-state index contributed by atoms with van der Waals surface area (Å²) < 4.78 is 0. The lowest BCUT2D eigenvalue weighted by molar-refractivity contribution is 0.964. The van der Waals surface area contributed by atoms with Gasteiger partial charge in [-0.3, -0.25) is 4.99 Å². The van der Waals surface area contributed by atoms with E-state index < -0.39 is 0 Å². The number of aliphatic imine (C=N–C) groups is 2. The van der Waals surface area contributed by atoms with Crippen molar-refractivity contribution >= 4 is 46.3 Å². The average Bonchev–Trinajstić information content (AvgIpc) is 3.19. The smallest absolute Gasteiger partial charge is 0.141 e. The predicted molar refractivity (Wildman–Crippen MR) is 116 cm³/mol. The van der Waals surface area contributed by atoms with Crippen molar-refractivity contribution in [2.24, 2.45) is 15.7 Å². The van der Waals surface area contributed by atoms with Gasteiger partial charge in [-0.05, 0) is 41.6 Å². The van der Waals surface area contributed by atoms with Gasteiger partial charge in [-0.15, -0.1) is 11.3 Å². The summed E-state index contributed by atoms with van der Waals surface area (Å²) in [7, 11) is 0. The number of thiophene rings is 1. The third-order valence-corrected chi connectivity index (χ3v) is 5.08. The topological polar surface area (TPSA) is 62.8 Å². The zero-order valence-electron chi connectivity index (χ0n) is 14.3. The lowest BCUT2D eigenvalue weighted by atomic mass is 10.1. The lowest BCUT2D eigenvalue weighted by Gasteiger charge is -2.09. The molecule has 1 aromatic heterocycles. The van der Waals surface area contributed by atoms with E-state index in [1.165, 1.54) is 5.56 Å². The van der Waals surface area contributed by atoms with Crippen LogP contribution in [0.3, 0.4) is 0 Å². The van der Waals surface area contributed by atoms with E-state index in [1.54, 1.807) is 17.7 Å². The van der Waals surface area contributed by atoms with Gasteiger partial charge in [0.25, 0.3) is 0 Å². The molecule has 0 spiro atoms. The third-order valence-electron chi connectivity index (χ3n) is 3.80. The summed E-state index contributed by atoms with van der Waals surface area (Å²) in [5, 5.41) is 5.14. The van der Waals surface area contributed by atoms with Gasteiger partial charge < -0.3 is 11.1 Å². The molecule has 1 aliphatic rings. The summed E-state index contributed by atoms with van der Waals surface area (Å²) in [5.74, 6) is 0.549. The standard InChI is InChI=1S/C20H20N4S2/c21-20(19-6-3-13-26-19)24-16-9-7-15(8-10-16)11-12-22-14-23-17-4-1-2-5-18(17)25/h1-4,6-10,13-14H,5,11-12H2,(H2,21,24)(H,22,23). The number of thiocarbonyl (C=S) groups is 1. The number of hydrogen-bond acceptors (Lipinski definition) is 4. The van der Waals surface area contributed by atoms with Crippen molar-refractivity contribution < 1.29 is 0 Å². The molecule has 3 N–H and O–H groups in total. The first-order chi connectivity index (χ1) is 12.7. The van der Waals surface area contributed by atoms with Gasteiger partial charge in [-0.1, -0.05) is 42.6 Å². The van der Waals surface area contributed by atoms with Crippen molar-refractivity contribution in [3.8, 4) is 0 Å². The Morgan fingerprint density at radius 2 is 2.12 bits per heavy atom. The molecule has 0 radical (unpaired) electrons. The highest BCUT2D eigenvalue weighted by Gasteiger charge is 2.03. The highest BCUT2D eigenvalue weighted by molar-refractivity contribution is 7.80. The Bertz CT molecular complexity index is 860. The molecule has 0 atom stereocenters. The molecule has 0 aliphatic heterocycles. The number of hydrogen-bond donors (Lipinski definition) is 2. The van der Waals surface area contributed by atoms with Gasteiger partial charge in [0.15, 0.2) is 0 Å². The SMILES string of the molecule is NC(=Nc1ccc(CCN=CNC2=CC=CCC2=S)cc1)c1cccs1. The van der Waals surface area contributed by atoms with Crippen molar-refractivity contribution in [3.05, 3.63) is 76.1 Å². The van der Waals surface area contributed by atoms with Crippen LogP contribution < -0.4 is 11.1 Å². The highest BCUT2D eigenvalue weighted by atomic mass is 32.1. The first-order valence-corrected chi connectivity index (χ1v) is 9.63. The van der Waals surface area contributed by atoms with E-state index in [9.17, 15) is 0 Å². The number of nitrogens with one attached hydrogen (secondary N) is 1. The average molecular weight is 381 g/mol. The molecule has 26 heavy (non-hydrogen) atoms. The van der Waals surface area contributed by atoms with E-state index in [4.69, 9.17) is 18.0 Å². The first kappa shape index (κ1) is 18.2. The summed E-state index contributed by atoms with van der Waals surface area (Å²) in [6.07, 6.45) is 9.42. The predicted octanol–water partition coefficient (Wildman–Crippen LogP) is 4.16. The number of rotatable bonds is 7. The number of nitrogens with zero attached hydrogens (tertiary/aromatic N) is 2. The molecule has 1 aromatic carbocycles. The molecule has 3 rings (SSSR count). The van der Waals surface area contributed by atoms with Crippen molar-refractivity contribution in [1.29, 1.82) is 0 Å². The summed E-state index contributed by atoms with van der Waals surface area (Å²) in [6, 6.07) is 12.0. The van der Waals surface area contributed by atoms with Gasteiger partial charge >= 0.3 is 0 Å². The maximum atomic E-state index is 6.01. The second-order valence-corrected chi connectivity index (χ2v) is 7.15. The lowest BCUT2D eigenvalue weighted by Crippen LogP contribution is -2.18. The van der Waals surface area contributed by atoms with E-state index in [0.717, 1.165) is 34.0 Å². The molecule has 0 unspecified atom stereocenters. The molecule has 0 saturated heterocycles. The molecule has 132 valence electrons. The number of amidine groups is 1. The number of benzene rings is 1. The molecule has 2 aromatic rings. The van der Waals surface area contributed by atoms with Gasteiger partial charge in [0.2, 0.25) is 0 Å². The quantitative estimate of drug-likeness (QED) is 0.431. The Kier molecular flexibility index (Phi) is 6.46. The van der Waals surface area contributed by atoms with Crippen molar-refractivity contribution in [2.75, 3.05) is 6.54 Å². The largest absolute Gasteiger partial charge is 0.383 e. The van der Waals surface area contributed by atoms with Crippen molar-refractivity contribution in [2.45, 2.75) is 12.8 Å². The Balaban J connectivity index is 1.48. The molecule has 6 heteroatoms. The first-order valence-electron chi connectivity index (χ1n) is 8.34. The Hall–Kier alpha value is -2.57. The van der Waals surface area contributed by atoms with Gasteiger partial charge in [-0.2, -0.15) is 0 Å². The molecule has 1 aliphatic carbocycles. The maximum absolute atomic E-state index is 6.01. The van der Waals surface area contributed by atoms with Crippen LogP contribution in [0, 0.1) is 0 Å². The van der Waals surface area contributed by atoms with Crippen LogP contribution in [0.2, 0.25) is 0 Å². The second kappa shape index (κ2) is 9.22. The fraction of sp³-hybridized carbons (Fsp3) is 0.150. The molecular weight excluding hydrogens is 360 g/mol. The monoisotopic (exact) mass is 380 g/mol. The fourth-order valence-corrected chi connectivity index (χ4v) is 3.25. The van der Waals surface area contributed by atoms with Gasteiger partial charge in [-0.25, -0.2) is 4.99 Å². The van der Waals surface area contributed by atoms with Crippen LogP contribution in [0.25, 0.3) is 0 Å². The zero-order valence-corrected chi connectivity index (χ0v) is 15.9. The molecular formula is C20H20N4S2. The maximum Gasteiger partial charge on any atom is 0.141 e. The Morgan fingerprint density at radius 1 is 1.27 bits per heavy atom. The van der Waals surface area contributed by atoms with Crippen molar-refractivity contribution in [3.63, 3.8) is 0 Å². The van der Waals surface area contributed by atoms with E-state index in [1.807, 2.05) is 47.9 Å². The van der Waals surface area contributed by atoms with E-state index >= 15 is 0 Å². The summed E-state index contributed by atoms with van der Waals surface area (Å²) in [4.78, 5) is 10.7. The summed E-state index contributed by atoms with van der Waals surface area (Å²) in [6.45, 7) is 0.711. The zero-order chi connectivity index (χ0) is 18.2. The Labute approximate surface area is 162 Å². The van der Waals surface area contributed by atoms with Crippen LogP contribution in [0.4, 0.5) is 5.69 Å². The minimum Gasteiger partial charge on any atom is -0.383 e. The molecule has 0 fully saturated rings. The number of nitrogens with two attached hydrogens (primary N) is 1. The fourth-order valence-electron chi connectivity index (χ4n) is 2.40. The van der Waals surface area contributed by atoms with Crippen LogP contribution in [-0.4, -0.2) is 23.6 Å². The van der Waals surface area contributed by atoms with E-state index in [-0.39, 0.29) is 0 Å². The van der Waals surface area contributed by atoms with E-state index in [2.05, 4.69) is 27.4 Å². The minimum absolute atomic E-state index is 0.549. The Morgan fingerprint density at radius 3 is 2.85 bits per heavy atom. The minimum atomic E-state index is 0.549. The van der Waals surface area contributed by atoms with Crippen LogP contribution in [0.1, 0.15) is 16.9 Å². The second-order valence-electron chi connectivity index (χ2n) is 5.71. The van der Waals surface area contributed by atoms with Crippen molar-refractivity contribution in [1.82, 2.24) is 5.32 Å². The summed E-state index contributed by atoms with van der Waals surface area (Å²) >= 11 is 6.87. The molecule has 0 amide bonds. The molecule has 0 saturated carbocycles. The van der Waals surface area contributed by atoms with E-state index in [0.29, 0.717) is 12.4 Å². The number of allylic oxidation sites excluding steroid dienone is 4. The van der Waals surface area contributed by atoms with Gasteiger partial charge in [0.05, 0.1) is 22.6 Å². The van der Waals surface area contributed by atoms with Gasteiger partial charge in [0.1, 0.15) is 5.84 Å². The van der Waals surface area contributed by atoms with Crippen LogP contribution in [0.15, 0.2) is 75.7 Å². The van der Waals surface area contributed by atoms with Crippen LogP contribution in [-0.2, 0) is 6.42 Å². The van der Waals surface area contributed by atoms with Gasteiger partial charge in [0, 0.05) is 17.8 Å². The molecule has 4 nitrogen and oxygen atoms in total. The third kappa shape index (κ3) is 5.21. The normalized spacial score (nSPS) is 14.7. The van der Waals surface area contributed by atoms with Crippen LogP contribution >= 0.6 is 23.6 Å².